The summed E-state index contributed by atoms with van der Waals surface area (Å²) in [7, 11) is 1.53. The lowest BCUT2D eigenvalue weighted by Gasteiger charge is -2.03. The lowest BCUT2D eigenvalue weighted by atomic mass is 10.2. The molecule has 3 heterocycles. The van der Waals surface area contributed by atoms with Crippen molar-refractivity contribution in [2.75, 3.05) is 5.73 Å². The minimum atomic E-state index is -4.72. The number of rotatable bonds is 2. The van der Waals surface area contributed by atoms with Crippen LogP contribution in [0.1, 0.15) is 5.69 Å². The highest BCUT2D eigenvalue weighted by atomic mass is 19.4. The van der Waals surface area contributed by atoms with Crippen molar-refractivity contribution in [3.63, 3.8) is 0 Å². The number of aryl methyl sites for hydroxylation is 1. The molecule has 0 saturated heterocycles. The Labute approximate surface area is 121 Å². The number of nitrogen functional groups attached to an aromatic ring is 1. The summed E-state index contributed by atoms with van der Waals surface area (Å²) in [5, 5.41) is 7.34. The molecule has 0 unspecified atom stereocenters. The molecule has 0 aliphatic rings. The van der Waals surface area contributed by atoms with Crippen molar-refractivity contribution in [1.82, 2.24) is 34.5 Å². The number of halogens is 3. The minimum Gasteiger partial charge on any atom is -0.383 e. The summed E-state index contributed by atoms with van der Waals surface area (Å²) in [5.41, 5.74) is 4.21. The van der Waals surface area contributed by atoms with Crippen LogP contribution in [0.4, 0.5) is 19.0 Å². The van der Waals surface area contributed by atoms with Crippen LogP contribution in [0.15, 0.2) is 24.8 Å². The van der Waals surface area contributed by atoms with E-state index in [0.717, 1.165) is 4.68 Å². The molecule has 0 aromatic carbocycles. The Balaban J connectivity index is 2.26. The highest BCUT2D eigenvalue weighted by Crippen LogP contribution is 2.38. The van der Waals surface area contributed by atoms with Gasteiger partial charge in [-0.25, -0.2) is 15.0 Å². The van der Waals surface area contributed by atoms with Crippen LogP contribution in [0.5, 0.6) is 0 Å². The van der Waals surface area contributed by atoms with Crippen molar-refractivity contribution in [2.24, 2.45) is 7.05 Å². The molecule has 0 amide bonds. The first-order valence-electron chi connectivity index (χ1n) is 5.97. The zero-order valence-electron chi connectivity index (χ0n) is 11.2. The van der Waals surface area contributed by atoms with E-state index in [0.29, 0.717) is 0 Å². The Kier molecular flexibility index (Phi) is 3.04. The van der Waals surface area contributed by atoms with Gasteiger partial charge >= 0.3 is 6.18 Å². The number of anilines is 1. The van der Waals surface area contributed by atoms with Gasteiger partial charge in [-0.2, -0.15) is 28.1 Å². The first-order chi connectivity index (χ1) is 10.4. The van der Waals surface area contributed by atoms with Gasteiger partial charge in [0.05, 0.1) is 5.56 Å². The van der Waals surface area contributed by atoms with Gasteiger partial charge in [0.1, 0.15) is 12.1 Å². The maximum Gasteiger partial charge on any atom is 0.436 e. The standard InChI is InChI=1S/C11H9F3N8/c1-21-5-18-9(20-21)6-7(11(12,13)14)19-22(8(6)15)10-16-3-2-4-17-10/h2-5H,15H2,1H3. The fourth-order valence-electron chi connectivity index (χ4n) is 1.86. The van der Waals surface area contributed by atoms with Gasteiger partial charge in [0.25, 0.3) is 5.95 Å². The van der Waals surface area contributed by atoms with Crippen molar-refractivity contribution < 1.29 is 13.2 Å². The van der Waals surface area contributed by atoms with Gasteiger partial charge in [-0.1, -0.05) is 0 Å². The molecule has 114 valence electrons. The molecule has 0 atom stereocenters. The number of hydrogen-bond acceptors (Lipinski definition) is 6. The maximum absolute atomic E-state index is 13.2. The molecular formula is C11H9F3N8. The Morgan fingerprint density at radius 2 is 1.77 bits per heavy atom. The predicted molar refractivity (Wildman–Crippen MR) is 68.6 cm³/mol. The molecule has 2 N–H and O–H groups in total. The molecule has 3 rings (SSSR count). The van der Waals surface area contributed by atoms with E-state index in [4.69, 9.17) is 5.73 Å². The van der Waals surface area contributed by atoms with Crippen LogP contribution in [-0.4, -0.2) is 34.5 Å². The van der Waals surface area contributed by atoms with E-state index < -0.39 is 17.4 Å². The molecule has 3 aromatic heterocycles. The summed E-state index contributed by atoms with van der Waals surface area (Å²) in [5.74, 6) is -0.535. The van der Waals surface area contributed by atoms with Gasteiger partial charge < -0.3 is 5.73 Å². The smallest absolute Gasteiger partial charge is 0.383 e. The summed E-state index contributed by atoms with van der Waals surface area (Å²) in [6, 6.07) is 1.52. The van der Waals surface area contributed by atoms with Crippen LogP contribution in [0.3, 0.4) is 0 Å². The molecular weight excluding hydrogens is 301 g/mol. The Morgan fingerprint density at radius 3 is 2.32 bits per heavy atom. The minimum absolute atomic E-state index is 0.0762. The Hall–Kier alpha value is -2.98. The highest BCUT2D eigenvalue weighted by Gasteiger charge is 2.41. The third-order valence-corrected chi connectivity index (χ3v) is 2.75. The number of nitrogens with zero attached hydrogens (tertiary/aromatic N) is 7. The van der Waals surface area contributed by atoms with E-state index in [1.54, 1.807) is 0 Å². The Bertz CT molecular complexity index is 805. The topological polar surface area (TPSA) is 100 Å². The van der Waals surface area contributed by atoms with Gasteiger partial charge in [0.15, 0.2) is 11.5 Å². The van der Waals surface area contributed by atoms with Crippen molar-refractivity contribution in [3.05, 3.63) is 30.5 Å². The van der Waals surface area contributed by atoms with Crippen LogP contribution >= 0.6 is 0 Å². The lowest BCUT2D eigenvalue weighted by molar-refractivity contribution is -0.140. The maximum atomic E-state index is 13.2. The second-order valence-corrected chi connectivity index (χ2v) is 4.31. The van der Waals surface area contributed by atoms with E-state index in [1.807, 2.05) is 0 Å². The molecule has 0 fully saturated rings. The number of hydrogen-bond donors (Lipinski definition) is 1. The average Bonchev–Trinajstić information content (AvgIpc) is 3.03. The third kappa shape index (κ3) is 2.25. The normalized spacial score (nSPS) is 11.8. The summed E-state index contributed by atoms with van der Waals surface area (Å²) < 4.78 is 41.7. The molecule has 22 heavy (non-hydrogen) atoms. The Morgan fingerprint density at radius 1 is 1.09 bits per heavy atom. The van der Waals surface area contributed by atoms with Crippen LogP contribution < -0.4 is 5.73 Å². The van der Waals surface area contributed by atoms with Crippen LogP contribution in [-0.2, 0) is 13.2 Å². The van der Waals surface area contributed by atoms with Crippen molar-refractivity contribution in [1.29, 1.82) is 0 Å². The van der Waals surface area contributed by atoms with Crippen LogP contribution in [0, 0.1) is 0 Å². The molecule has 3 aromatic rings. The van der Waals surface area contributed by atoms with Gasteiger partial charge in [-0.05, 0) is 6.07 Å². The summed E-state index contributed by atoms with van der Waals surface area (Å²) in [4.78, 5) is 11.5. The lowest BCUT2D eigenvalue weighted by Crippen LogP contribution is -2.09. The van der Waals surface area contributed by atoms with Crippen LogP contribution in [0.2, 0.25) is 0 Å². The van der Waals surface area contributed by atoms with Gasteiger partial charge in [0.2, 0.25) is 0 Å². The number of alkyl halides is 3. The molecule has 0 saturated carbocycles. The SMILES string of the molecule is Cn1cnc(-c2c(C(F)(F)F)nn(-c3ncccn3)c2N)n1. The predicted octanol–water partition coefficient (Wildman–Crippen LogP) is 1.06. The van der Waals surface area contributed by atoms with Gasteiger partial charge in [-0.15, -0.1) is 0 Å². The summed E-state index contributed by atoms with van der Waals surface area (Å²) in [6.45, 7) is 0. The van der Waals surface area contributed by atoms with E-state index in [9.17, 15) is 13.2 Å². The monoisotopic (exact) mass is 310 g/mol. The first-order valence-corrected chi connectivity index (χ1v) is 5.97. The highest BCUT2D eigenvalue weighted by molar-refractivity contribution is 5.73. The van der Waals surface area contributed by atoms with Crippen molar-refractivity contribution >= 4 is 5.82 Å². The quantitative estimate of drug-likeness (QED) is 0.759. The van der Waals surface area contributed by atoms with Crippen LogP contribution in [0.25, 0.3) is 17.3 Å². The van der Waals surface area contributed by atoms with Crippen molar-refractivity contribution in [2.45, 2.75) is 6.18 Å². The molecule has 0 aliphatic carbocycles. The second kappa shape index (κ2) is 4.79. The summed E-state index contributed by atoms with van der Waals surface area (Å²) in [6.07, 6.45) is -0.710. The average molecular weight is 310 g/mol. The largest absolute Gasteiger partial charge is 0.436 e. The fraction of sp³-hybridized carbons (Fsp3) is 0.182. The zero-order valence-corrected chi connectivity index (χ0v) is 11.2. The number of aromatic nitrogens is 7. The van der Waals surface area contributed by atoms with Crippen molar-refractivity contribution in [3.8, 4) is 17.3 Å². The molecule has 11 heteroatoms. The van der Waals surface area contributed by atoms with Gasteiger partial charge in [-0.3, -0.25) is 4.68 Å². The molecule has 0 bridgehead atoms. The van der Waals surface area contributed by atoms with E-state index >= 15 is 0 Å². The zero-order chi connectivity index (χ0) is 15.9. The van der Waals surface area contributed by atoms with E-state index in [-0.39, 0.29) is 17.6 Å². The fourth-order valence-corrected chi connectivity index (χ4v) is 1.86. The summed E-state index contributed by atoms with van der Waals surface area (Å²) >= 11 is 0. The van der Waals surface area contributed by atoms with E-state index in [2.05, 4.69) is 25.1 Å². The molecule has 8 nitrogen and oxygen atoms in total. The molecule has 0 aliphatic heterocycles. The second-order valence-electron chi connectivity index (χ2n) is 4.31. The molecule has 0 spiro atoms. The number of nitrogens with two attached hydrogens (primary N) is 1. The van der Waals surface area contributed by atoms with Gasteiger partial charge in [0, 0.05) is 19.4 Å². The first kappa shape index (κ1) is 14.0. The third-order valence-electron chi connectivity index (χ3n) is 2.75. The molecule has 0 radical (unpaired) electrons. The van der Waals surface area contributed by atoms with E-state index in [1.165, 1.54) is 36.5 Å².